The van der Waals surface area contributed by atoms with Gasteiger partial charge in [-0.2, -0.15) is 0 Å². The Balaban J connectivity index is 1.41. The van der Waals surface area contributed by atoms with Crippen LogP contribution in [0.4, 0.5) is 0 Å². The van der Waals surface area contributed by atoms with Crippen molar-refractivity contribution in [1.82, 2.24) is 35.6 Å². The molecular formula is C59H81BrN8O14. The molecule has 0 unspecified atom stereocenters. The fraction of sp³-hybridized carbons (Fsp3) is 0.525. The van der Waals surface area contributed by atoms with E-state index in [2.05, 4.69) is 31.9 Å². The van der Waals surface area contributed by atoms with Gasteiger partial charge in [-0.15, -0.1) is 0 Å². The topological polar surface area (TPSA) is 267 Å². The number of hydrogen-bond donors (Lipinski definition) is 4. The third kappa shape index (κ3) is 19.6. The third-order valence-corrected chi connectivity index (χ3v) is 14.9. The highest BCUT2D eigenvalue weighted by Crippen LogP contribution is 2.41. The van der Waals surface area contributed by atoms with Crippen molar-refractivity contribution in [3.63, 3.8) is 0 Å². The van der Waals surface area contributed by atoms with E-state index in [0.717, 1.165) is 10.0 Å². The minimum Gasteiger partial charge on any atom is -0.464 e. The standard InChI is InChI=1S/C59H81BrN8O14/c1-39(2)45(59(5,64-56(74)55(61)40(3)4)43-16-20-48-49(33-43)82-38-81-48)19-21-50(69)63-47(32-42-12-10-9-11-13-42)57(75)68(27-31-79-8)37-54(73)67(26-30-78-7)36-52(71)65(24-22-41-14-17-44(60)18-15-41)35-53(72)66(25-29-77-6)34-51(70)62-46-23-28-80-58(46)76/h9-21,33,39-40,45-47,55H,22-32,34-38,61H2,1-8H3,(H,62,70)(H,63,69)(H,64,74)/b21-19+/t45-,46-,47-,55-,59+/m0/s1. The second kappa shape index (κ2) is 32.6. The zero-order valence-corrected chi connectivity index (χ0v) is 49.9. The van der Waals surface area contributed by atoms with E-state index in [1.807, 2.05) is 83.1 Å². The van der Waals surface area contributed by atoms with Gasteiger partial charge in [-0.25, -0.2) is 4.79 Å². The first-order chi connectivity index (χ1) is 39.2. The number of esters is 1. The fourth-order valence-corrected chi connectivity index (χ4v) is 9.73. The van der Waals surface area contributed by atoms with Crippen molar-refractivity contribution >= 4 is 63.2 Å². The summed E-state index contributed by atoms with van der Waals surface area (Å²) in [6, 6.07) is 19.0. The van der Waals surface area contributed by atoms with Gasteiger partial charge in [-0.1, -0.05) is 98.2 Å². The predicted molar refractivity (Wildman–Crippen MR) is 308 cm³/mol. The number of halogens is 1. The second-order valence-corrected chi connectivity index (χ2v) is 22.0. The van der Waals surface area contributed by atoms with E-state index in [9.17, 15) is 38.4 Å². The van der Waals surface area contributed by atoms with E-state index < -0.39 is 97.2 Å². The highest BCUT2D eigenvalue weighted by molar-refractivity contribution is 9.10. The molecule has 0 aliphatic carbocycles. The van der Waals surface area contributed by atoms with E-state index in [-0.39, 0.29) is 90.0 Å². The molecular weight excluding hydrogens is 1120 g/mol. The van der Waals surface area contributed by atoms with Crippen LogP contribution in [0.2, 0.25) is 0 Å². The average molecular weight is 1210 g/mol. The number of cyclic esters (lactones) is 1. The number of fused-ring (bicyclic) bond motifs is 1. The maximum Gasteiger partial charge on any atom is 0.328 e. The van der Waals surface area contributed by atoms with Crippen molar-refractivity contribution in [2.75, 3.05) is 107 Å². The van der Waals surface area contributed by atoms with Gasteiger partial charge in [-0.05, 0) is 72.2 Å². The number of benzene rings is 3. The van der Waals surface area contributed by atoms with Gasteiger partial charge in [0.1, 0.15) is 12.1 Å². The van der Waals surface area contributed by atoms with Gasteiger partial charge < -0.3 is 69.7 Å². The second-order valence-electron chi connectivity index (χ2n) is 21.0. The van der Waals surface area contributed by atoms with Crippen LogP contribution in [-0.4, -0.2) is 192 Å². The molecule has 1 saturated heterocycles. The molecule has 3 aromatic carbocycles. The lowest BCUT2D eigenvalue weighted by atomic mass is 9.73. The summed E-state index contributed by atoms with van der Waals surface area (Å²) in [6.45, 7) is 7.69. The number of methoxy groups -OCH3 is 3. The lowest BCUT2D eigenvalue weighted by Crippen LogP contribution is -2.55. The molecule has 0 aromatic heterocycles. The van der Waals surface area contributed by atoms with Crippen molar-refractivity contribution in [3.8, 4) is 11.5 Å². The summed E-state index contributed by atoms with van der Waals surface area (Å²) >= 11 is 3.45. The molecule has 1 fully saturated rings. The van der Waals surface area contributed by atoms with Crippen LogP contribution in [0.1, 0.15) is 57.7 Å². The Morgan fingerprint density at radius 2 is 1.29 bits per heavy atom. The molecule has 2 heterocycles. The fourth-order valence-electron chi connectivity index (χ4n) is 9.46. The molecule has 82 heavy (non-hydrogen) atoms. The monoisotopic (exact) mass is 1200 g/mol. The number of hydrogen-bond acceptors (Lipinski definition) is 15. The van der Waals surface area contributed by atoms with E-state index in [0.29, 0.717) is 29.0 Å². The lowest BCUT2D eigenvalue weighted by Gasteiger charge is -2.41. The van der Waals surface area contributed by atoms with Crippen LogP contribution in [0.3, 0.4) is 0 Å². The first-order valence-electron chi connectivity index (χ1n) is 27.5. The average Bonchev–Trinajstić information content (AvgIpc) is 3.57. The Kier molecular flexibility index (Phi) is 26.2. The van der Waals surface area contributed by atoms with Gasteiger partial charge in [0.15, 0.2) is 11.5 Å². The van der Waals surface area contributed by atoms with Crippen LogP contribution < -0.4 is 31.2 Å². The molecule has 0 bridgehead atoms. The smallest absolute Gasteiger partial charge is 0.328 e. The molecule has 2 aliphatic rings. The zero-order chi connectivity index (χ0) is 59.9. The summed E-state index contributed by atoms with van der Waals surface area (Å²) in [5, 5.41) is 8.70. The first-order valence-corrected chi connectivity index (χ1v) is 28.3. The van der Waals surface area contributed by atoms with Crippen molar-refractivity contribution < 1.29 is 66.8 Å². The third-order valence-electron chi connectivity index (χ3n) is 14.3. The summed E-state index contributed by atoms with van der Waals surface area (Å²) in [6.07, 6.45) is 3.69. The van der Waals surface area contributed by atoms with Crippen molar-refractivity contribution in [3.05, 3.63) is 106 Å². The highest BCUT2D eigenvalue weighted by atomic mass is 79.9. The number of nitrogens with zero attached hydrogens (tertiary/aromatic N) is 4. The number of carbonyl (C=O) groups is 8. The van der Waals surface area contributed by atoms with Crippen LogP contribution in [0.25, 0.3) is 0 Å². The van der Waals surface area contributed by atoms with Crippen molar-refractivity contribution in [2.45, 2.75) is 77.5 Å². The molecule has 2 aliphatic heterocycles. The van der Waals surface area contributed by atoms with Gasteiger partial charge in [-0.3, -0.25) is 33.6 Å². The number of amides is 7. The number of carbonyl (C=O) groups excluding carboxylic acids is 8. The van der Waals surface area contributed by atoms with Gasteiger partial charge in [0.2, 0.25) is 48.1 Å². The largest absolute Gasteiger partial charge is 0.464 e. The summed E-state index contributed by atoms with van der Waals surface area (Å²) in [5.74, 6) is -4.43. The minimum absolute atomic E-state index is 0.00756. The van der Waals surface area contributed by atoms with Gasteiger partial charge >= 0.3 is 5.97 Å². The van der Waals surface area contributed by atoms with Crippen molar-refractivity contribution in [2.24, 2.45) is 23.5 Å². The minimum atomic E-state index is -1.21. The Morgan fingerprint density at radius 1 is 0.720 bits per heavy atom. The van der Waals surface area contributed by atoms with Gasteiger partial charge in [0, 0.05) is 70.7 Å². The van der Waals surface area contributed by atoms with Crippen LogP contribution in [0.5, 0.6) is 11.5 Å². The van der Waals surface area contributed by atoms with Gasteiger partial charge in [0.25, 0.3) is 0 Å². The maximum absolute atomic E-state index is 15.0. The molecule has 448 valence electrons. The predicted octanol–water partition coefficient (Wildman–Crippen LogP) is 2.98. The molecule has 22 nitrogen and oxygen atoms in total. The lowest BCUT2D eigenvalue weighted by molar-refractivity contribution is -0.147. The summed E-state index contributed by atoms with van der Waals surface area (Å²) in [4.78, 5) is 117. The molecule has 0 spiro atoms. The highest BCUT2D eigenvalue weighted by Gasteiger charge is 2.41. The summed E-state index contributed by atoms with van der Waals surface area (Å²) in [7, 11) is 4.33. The number of ether oxygens (including phenoxy) is 6. The molecule has 5 N–H and O–H groups in total. The van der Waals surface area contributed by atoms with E-state index in [4.69, 9.17) is 34.2 Å². The normalized spacial score (nSPS) is 15.5. The molecule has 7 amide bonds. The van der Waals surface area contributed by atoms with E-state index in [1.54, 1.807) is 30.3 Å². The molecule has 5 rings (SSSR count). The molecule has 5 atom stereocenters. The van der Waals surface area contributed by atoms with Crippen LogP contribution in [0.15, 0.2) is 89.4 Å². The SMILES string of the molecule is COCCN(CC(=O)N[C@H]1CCOC1=O)C(=O)CN(CCc1ccc(Br)cc1)C(=O)CN(CCOC)C(=O)CN(CCOC)C(=O)[C@H](Cc1ccccc1)NC(=O)/C=C/[C@@H](C(C)C)[C@](C)(NC(=O)[C@@H](N)C(C)C)c1ccc2c(c1)OCO2. The molecule has 3 aromatic rings. The maximum atomic E-state index is 15.0. The Hall–Kier alpha value is -6.92. The van der Waals surface area contributed by atoms with Crippen LogP contribution in [0, 0.1) is 17.8 Å². The van der Waals surface area contributed by atoms with E-state index in [1.165, 1.54) is 47.0 Å². The Bertz CT molecular complexity index is 2660. The summed E-state index contributed by atoms with van der Waals surface area (Å²) < 4.78 is 33.1. The quantitative estimate of drug-likeness (QED) is 0.0505. The summed E-state index contributed by atoms with van der Waals surface area (Å²) in [5.41, 5.74) is 7.49. The van der Waals surface area contributed by atoms with E-state index >= 15 is 0 Å². The van der Waals surface area contributed by atoms with Gasteiger partial charge in [0.05, 0.1) is 64.2 Å². The van der Waals surface area contributed by atoms with Crippen LogP contribution in [-0.2, 0) is 75.7 Å². The Morgan fingerprint density at radius 3 is 1.87 bits per heavy atom. The number of nitrogens with one attached hydrogen (secondary N) is 3. The molecule has 0 radical (unpaired) electrons. The Labute approximate surface area is 489 Å². The van der Waals surface area contributed by atoms with Crippen molar-refractivity contribution in [1.29, 1.82) is 0 Å². The number of nitrogens with two attached hydrogens (primary N) is 1. The number of rotatable bonds is 33. The molecule has 23 heteroatoms. The first kappa shape index (κ1) is 65.9. The zero-order valence-electron chi connectivity index (χ0n) is 48.3. The van der Waals surface area contributed by atoms with Crippen LogP contribution >= 0.6 is 15.9 Å². The molecule has 0 saturated carbocycles.